The van der Waals surface area contributed by atoms with Gasteiger partial charge < -0.3 is 9.16 Å². The number of esters is 1. The van der Waals surface area contributed by atoms with Crippen LogP contribution in [0.25, 0.3) is 0 Å². The van der Waals surface area contributed by atoms with Gasteiger partial charge in [0.15, 0.2) is 8.32 Å². The lowest BCUT2D eigenvalue weighted by Gasteiger charge is -2.42. The number of hydrogen-bond donors (Lipinski definition) is 0. The Morgan fingerprint density at radius 2 is 2.09 bits per heavy atom. The number of carbonyl (C=O) groups excluding carboxylic acids is 1. The van der Waals surface area contributed by atoms with E-state index in [1.807, 2.05) is 0 Å². The van der Waals surface area contributed by atoms with Gasteiger partial charge >= 0.3 is 5.97 Å². The van der Waals surface area contributed by atoms with Crippen molar-refractivity contribution in [1.29, 1.82) is 0 Å². The number of carbonyl (C=O) groups is 1. The molecule has 3 nitrogen and oxygen atoms in total. The Labute approximate surface area is 142 Å². The summed E-state index contributed by atoms with van der Waals surface area (Å²) in [6.45, 7) is 19.2. The van der Waals surface area contributed by atoms with Gasteiger partial charge in [0.05, 0.1) is 6.61 Å². The molecule has 0 heterocycles. The van der Waals surface area contributed by atoms with Crippen molar-refractivity contribution < 1.29 is 14.0 Å². The van der Waals surface area contributed by atoms with E-state index >= 15 is 0 Å². The summed E-state index contributed by atoms with van der Waals surface area (Å²) in [5.41, 5.74) is 0.692. The molecule has 23 heavy (non-hydrogen) atoms. The molecule has 0 spiro atoms. The van der Waals surface area contributed by atoms with E-state index in [4.69, 9.17) is 15.6 Å². The summed E-state index contributed by atoms with van der Waals surface area (Å²) in [6, 6.07) is 0. The van der Waals surface area contributed by atoms with Crippen molar-refractivity contribution in [3.63, 3.8) is 0 Å². The Morgan fingerprint density at radius 3 is 2.52 bits per heavy atom. The van der Waals surface area contributed by atoms with Crippen molar-refractivity contribution >= 4 is 14.3 Å². The zero-order valence-corrected chi connectivity index (χ0v) is 16.6. The summed E-state index contributed by atoms with van der Waals surface area (Å²) >= 11 is 0. The lowest BCUT2D eigenvalue weighted by molar-refractivity contribution is -0.137. The first-order chi connectivity index (χ1) is 10.4. The Kier molecular flexibility index (Phi) is 5.72. The van der Waals surface area contributed by atoms with Crippen molar-refractivity contribution in [2.75, 3.05) is 6.61 Å². The fourth-order valence-corrected chi connectivity index (χ4v) is 3.98. The Morgan fingerprint density at radius 1 is 1.52 bits per heavy atom. The molecule has 1 fully saturated rings. The highest BCUT2D eigenvalue weighted by atomic mass is 28.4. The predicted molar refractivity (Wildman–Crippen MR) is 97.5 cm³/mol. The third-order valence-electron chi connectivity index (χ3n) is 4.99. The SMILES string of the molecule is C#CC1(O[Si](C)(C)C(C)(C)C)CC(C)C(=C)/C1=C\C(=O)OCC. The minimum absolute atomic E-state index is 0.0268. The van der Waals surface area contributed by atoms with E-state index in [9.17, 15) is 4.79 Å². The number of terminal acetylenes is 1. The molecule has 1 saturated carbocycles. The lowest BCUT2D eigenvalue weighted by Crippen LogP contribution is -2.49. The summed E-state index contributed by atoms with van der Waals surface area (Å²) < 4.78 is 11.7. The highest BCUT2D eigenvalue weighted by Crippen LogP contribution is 2.49. The molecule has 0 aliphatic heterocycles. The highest BCUT2D eigenvalue weighted by molar-refractivity contribution is 6.74. The van der Waals surface area contributed by atoms with Gasteiger partial charge in [0.2, 0.25) is 0 Å². The number of hydrogen-bond acceptors (Lipinski definition) is 3. The maximum absolute atomic E-state index is 12.0. The molecule has 0 N–H and O–H groups in total. The Hall–Kier alpha value is -1.31. The van der Waals surface area contributed by atoms with Crippen LogP contribution in [0.1, 0.15) is 41.0 Å². The van der Waals surface area contributed by atoms with E-state index in [0.29, 0.717) is 18.6 Å². The topological polar surface area (TPSA) is 35.5 Å². The van der Waals surface area contributed by atoms with Gasteiger partial charge in [0.1, 0.15) is 5.60 Å². The summed E-state index contributed by atoms with van der Waals surface area (Å²) in [6.07, 6.45) is 8.02. The van der Waals surface area contributed by atoms with Gasteiger partial charge in [-0.25, -0.2) is 4.79 Å². The van der Waals surface area contributed by atoms with Crippen LogP contribution in [-0.4, -0.2) is 26.5 Å². The Bertz CT molecular complexity index is 560. The van der Waals surface area contributed by atoms with Gasteiger partial charge in [-0.15, -0.1) is 6.42 Å². The minimum atomic E-state index is -2.11. The van der Waals surface area contributed by atoms with Gasteiger partial charge in [-0.05, 0) is 43.0 Å². The molecule has 0 radical (unpaired) electrons. The molecule has 2 atom stereocenters. The van der Waals surface area contributed by atoms with Gasteiger partial charge in [-0.1, -0.05) is 40.2 Å². The van der Waals surface area contributed by atoms with E-state index in [1.54, 1.807) is 6.92 Å². The summed E-state index contributed by atoms with van der Waals surface area (Å²) in [5.74, 6) is 2.62. The quantitative estimate of drug-likeness (QED) is 0.329. The zero-order valence-electron chi connectivity index (χ0n) is 15.6. The standard InChI is InChI=1S/C19H30O3Si/c1-10-19(22-23(8,9)18(5,6)7)13-14(3)15(4)16(19)12-17(20)21-11-2/h1,12,14H,4,11,13H2,2-3,5-9H3/b16-12+. The summed E-state index contributed by atoms with van der Waals surface area (Å²) in [4.78, 5) is 12.0. The first kappa shape index (κ1) is 19.7. The predicted octanol–water partition coefficient (Wildman–Crippen LogP) is 4.47. The van der Waals surface area contributed by atoms with Gasteiger partial charge in [0, 0.05) is 11.6 Å². The minimum Gasteiger partial charge on any atom is -0.463 e. The second-order valence-electron chi connectivity index (χ2n) is 7.77. The van der Waals surface area contributed by atoms with Crippen LogP contribution in [0.15, 0.2) is 23.8 Å². The van der Waals surface area contributed by atoms with Crippen LogP contribution in [0, 0.1) is 18.3 Å². The van der Waals surface area contributed by atoms with Crippen LogP contribution in [0.4, 0.5) is 0 Å². The van der Waals surface area contributed by atoms with Crippen LogP contribution in [0.2, 0.25) is 18.1 Å². The number of rotatable bonds is 4. The lowest BCUT2D eigenvalue weighted by atomic mass is 9.96. The molecule has 0 aromatic rings. The first-order valence-electron chi connectivity index (χ1n) is 8.16. The highest BCUT2D eigenvalue weighted by Gasteiger charge is 2.50. The molecule has 0 aromatic heterocycles. The average molecular weight is 335 g/mol. The molecule has 1 aliphatic rings. The van der Waals surface area contributed by atoms with Crippen molar-refractivity contribution in [2.45, 2.75) is 64.8 Å². The first-order valence-corrected chi connectivity index (χ1v) is 11.1. The second-order valence-corrected chi connectivity index (χ2v) is 12.5. The molecule has 0 bridgehead atoms. The van der Waals surface area contributed by atoms with Gasteiger partial charge in [-0.3, -0.25) is 0 Å². The molecule has 1 aliphatic carbocycles. The molecule has 1 rings (SSSR count). The van der Waals surface area contributed by atoms with Gasteiger partial charge in [-0.2, -0.15) is 0 Å². The van der Waals surface area contributed by atoms with Crippen LogP contribution in [0.5, 0.6) is 0 Å². The van der Waals surface area contributed by atoms with Crippen LogP contribution in [-0.2, 0) is 14.0 Å². The molecular formula is C19H30O3Si. The van der Waals surface area contributed by atoms with E-state index in [1.165, 1.54) is 6.08 Å². The zero-order chi connectivity index (χ0) is 18.1. The van der Waals surface area contributed by atoms with Crippen LogP contribution < -0.4 is 0 Å². The van der Waals surface area contributed by atoms with Crippen LogP contribution in [0.3, 0.4) is 0 Å². The average Bonchev–Trinajstić information content (AvgIpc) is 2.62. The molecule has 0 amide bonds. The van der Waals surface area contributed by atoms with Crippen LogP contribution >= 0.6 is 0 Å². The van der Waals surface area contributed by atoms with Gasteiger partial charge in [0.25, 0.3) is 0 Å². The third-order valence-corrected chi connectivity index (χ3v) is 9.46. The fourth-order valence-electron chi connectivity index (χ4n) is 2.55. The van der Waals surface area contributed by atoms with Crippen molar-refractivity contribution in [1.82, 2.24) is 0 Å². The fraction of sp³-hybridized carbons (Fsp3) is 0.632. The van der Waals surface area contributed by atoms with E-state index in [0.717, 1.165) is 5.57 Å². The van der Waals surface area contributed by atoms with Crippen molar-refractivity contribution in [3.8, 4) is 12.3 Å². The molecular weight excluding hydrogens is 304 g/mol. The Balaban J connectivity index is 3.33. The third kappa shape index (κ3) is 3.96. The molecule has 4 heteroatoms. The van der Waals surface area contributed by atoms with Crippen molar-refractivity contribution in [3.05, 3.63) is 23.8 Å². The second kappa shape index (κ2) is 6.66. The largest absolute Gasteiger partial charge is 0.463 e. The molecule has 128 valence electrons. The molecule has 2 unspecified atom stereocenters. The smallest absolute Gasteiger partial charge is 0.331 e. The normalized spacial score (nSPS) is 27.1. The monoisotopic (exact) mass is 334 g/mol. The summed E-state index contributed by atoms with van der Waals surface area (Å²) in [5, 5.41) is 0.0268. The van der Waals surface area contributed by atoms with E-state index in [2.05, 4.69) is 53.3 Å². The number of ether oxygens (including phenoxy) is 1. The maximum Gasteiger partial charge on any atom is 0.331 e. The molecule has 0 saturated heterocycles. The summed E-state index contributed by atoms with van der Waals surface area (Å²) in [7, 11) is -2.11. The van der Waals surface area contributed by atoms with E-state index in [-0.39, 0.29) is 11.0 Å². The van der Waals surface area contributed by atoms with Crippen molar-refractivity contribution in [2.24, 2.45) is 5.92 Å². The maximum atomic E-state index is 12.0. The molecule has 0 aromatic carbocycles. The van der Waals surface area contributed by atoms with E-state index < -0.39 is 19.9 Å².